The molecule has 50 heavy (non-hydrogen) atoms. The Morgan fingerprint density at radius 2 is 0.580 bits per heavy atom. The van der Waals surface area contributed by atoms with Gasteiger partial charge in [0.15, 0.2) is 6.10 Å². The summed E-state index contributed by atoms with van der Waals surface area (Å²) in [6, 6.07) is 0. The van der Waals surface area contributed by atoms with E-state index in [4.69, 9.17) is 14.2 Å². The summed E-state index contributed by atoms with van der Waals surface area (Å²) >= 11 is 0. The van der Waals surface area contributed by atoms with Gasteiger partial charge < -0.3 is 14.2 Å². The maximum absolute atomic E-state index is 12.7. The largest absolute Gasteiger partial charge is 0.462 e. The van der Waals surface area contributed by atoms with Crippen LogP contribution in [0.25, 0.3) is 0 Å². The van der Waals surface area contributed by atoms with Crippen molar-refractivity contribution in [1.29, 1.82) is 0 Å². The van der Waals surface area contributed by atoms with E-state index < -0.39 is 6.10 Å². The van der Waals surface area contributed by atoms with Gasteiger partial charge >= 0.3 is 17.9 Å². The number of hydrogen-bond acceptors (Lipinski definition) is 6. The molecule has 0 aliphatic heterocycles. The number of esters is 3. The van der Waals surface area contributed by atoms with Crippen LogP contribution < -0.4 is 0 Å². The molecular weight excluding hydrogens is 624 g/mol. The molecule has 6 nitrogen and oxygen atoms in total. The van der Waals surface area contributed by atoms with Crippen LogP contribution in [-0.4, -0.2) is 37.2 Å². The smallest absolute Gasteiger partial charge is 0.306 e. The fraction of sp³-hybridized carbons (Fsp3) is 0.932. The summed E-state index contributed by atoms with van der Waals surface area (Å²) in [7, 11) is 0. The maximum atomic E-state index is 12.7. The van der Waals surface area contributed by atoms with Crippen LogP contribution in [0.15, 0.2) is 0 Å². The quantitative estimate of drug-likeness (QED) is 0.0363. The normalized spacial score (nSPS) is 12.2. The molecule has 0 radical (unpaired) electrons. The van der Waals surface area contributed by atoms with Crippen molar-refractivity contribution in [2.45, 2.75) is 234 Å². The lowest BCUT2D eigenvalue weighted by molar-refractivity contribution is -0.167. The van der Waals surface area contributed by atoms with Crippen LogP contribution in [0.2, 0.25) is 0 Å². The zero-order valence-corrected chi connectivity index (χ0v) is 34.2. The third-order valence-corrected chi connectivity index (χ3v) is 9.65. The number of unbranched alkanes of at least 4 members (excludes halogenated alkanes) is 20. The van der Waals surface area contributed by atoms with E-state index in [9.17, 15) is 14.4 Å². The average Bonchev–Trinajstić information content (AvgIpc) is 3.06. The summed E-state index contributed by atoms with van der Waals surface area (Å²) in [6.45, 7) is 13.5. The second kappa shape index (κ2) is 35.8. The van der Waals surface area contributed by atoms with Gasteiger partial charge in [-0.15, -0.1) is 0 Å². The predicted molar refractivity (Wildman–Crippen MR) is 210 cm³/mol. The summed E-state index contributed by atoms with van der Waals surface area (Å²) in [6.07, 6.45) is 31.1. The van der Waals surface area contributed by atoms with E-state index in [2.05, 4.69) is 41.5 Å². The van der Waals surface area contributed by atoms with Gasteiger partial charge in [0.05, 0.1) is 0 Å². The Morgan fingerprint density at radius 3 is 0.860 bits per heavy atom. The van der Waals surface area contributed by atoms with Crippen LogP contribution in [0.4, 0.5) is 0 Å². The van der Waals surface area contributed by atoms with Crippen molar-refractivity contribution >= 4 is 17.9 Å². The Labute approximate surface area is 310 Å². The molecule has 0 aromatic heterocycles. The Bertz CT molecular complexity index is 776. The fourth-order valence-corrected chi connectivity index (χ4v) is 6.35. The van der Waals surface area contributed by atoms with Crippen LogP contribution in [0.1, 0.15) is 228 Å². The van der Waals surface area contributed by atoms with Gasteiger partial charge in [-0.3, -0.25) is 14.4 Å². The van der Waals surface area contributed by atoms with Gasteiger partial charge in [-0.25, -0.2) is 0 Å². The van der Waals surface area contributed by atoms with Gasteiger partial charge in [-0.05, 0) is 37.0 Å². The fourth-order valence-electron chi connectivity index (χ4n) is 6.35. The van der Waals surface area contributed by atoms with Crippen molar-refractivity contribution < 1.29 is 28.6 Å². The summed E-state index contributed by atoms with van der Waals surface area (Å²) < 4.78 is 16.7. The minimum absolute atomic E-state index is 0.0677. The molecule has 0 rings (SSSR count). The first-order valence-corrected chi connectivity index (χ1v) is 21.6. The zero-order valence-electron chi connectivity index (χ0n) is 34.2. The molecule has 296 valence electrons. The minimum Gasteiger partial charge on any atom is -0.462 e. The molecule has 0 spiro atoms. The molecule has 0 bridgehead atoms. The maximum Gasteiger partial charge on any atom is 0.306 e. The Hall–Kier alpha value is -1.59. The van der Waals surface area contributed by atoms with Crippen LogP contribution in [0.3, 0.4) is 0 Å². The summed E-state index contributed by atoms with van der Waals surface area (Å²) in [5.41, 5.74) is 0. The molecule has 0 saturated carbocycles. The first-order valence-electron chi connectivity index (χ1n) is 21.6. The van der Waals surface area contributed by atoms with Crippen LogP contribution in [0.5, 0.6) is 0 Å². The van der Waals surface area contributed by atoms with Gasteiger partial charge in [-0.2, -0.15) is 0 Å². The van der Waals surface area contributed by atoms with E-state index in [0.29, 0.717) is 19.3 Å². The van der Waals surface area contributed by atoms with E-state index in [-0.39, 0.29) is 31.1 Å². The van der Waals surface area contributed by atoms with E-state index in [1.54, 1.807) is 0 Å². The van der Waals surface area contributed by atoms with Crippen molar-refractivity contribution in [3.63, 3.8) is 0 Å². The lowest BCUT2D eigenvalue weighted by atomic mass is 10.0. The zero-order chi connectivity index (χ0) is 37.1. The van der Waals surface area contributed by atoms with Gasteiger partial charge in [0, 0.05) is 19.3 Å². The van der Waals surface area contributed by atoms with Gasteiger partial charge in [0.2, 0.25) is 0 Å². The topological polar surface area (TPSA) is 78.9 Å². The summed E-state index contributed by atoms with van der Waals surface area (Å²) in [5.74, 6) is 1.49. The first-order chi connectivity index (χ1) is 24.1. The van der Waals surface area contributed by atoms with Crippen molar-refractivity contribution in [2.75, 3.05) is 13.2 Å². The summed E-state index contributed by atoms with van der Waals surface area (Å²) in [5, 5.41) is 0. The third-order valence-electron chi connectivity index (χ3n) is 9.65. The van der Waals surface area contributed by atoms with Crippen molar-refractivity contribution in [3.05, 3.63) is 0 Å². The number of hydrogen-bond donors (Lipinski definition) is 0. The molecule has 0 aromatic rings. The lowest BCUT2D eigenvalue weighted by Gasteiger charge is -2.18. The minimum atomic E-state index is -0.761. The van der Waals surface area contributed by atoms with Crippen LogP contribution in [0, 0.1) is 17.8 Å². The Balaban J connectivity index is 4.36. The highest BCUT2D eigenvalue weighted by Crippen LogP contribution is 2.16. The molecule has 0 amide bonds. The highest BCUT2D eigenvalue weighted by Gasteiger charge is 2.19. The van der Waals surface area contributed by atoms with Gasteiger partial charge in [-0.1, -0.05) is 189 Å². The molecular formula is C44H84O6. The van der Waals surface area contributed by atoms with Crippen molar-refractivity contribution in [1.82, 2.24) is 0 Å². The third kappa shape index (κ3) is 37.7. The van der Waals surface area contributed by atoms with E-state index in [1.165, 1.54) is 109 Å². The van der Waals surface area contributed by atoms with Crippen LogP contribution in [-0.2, 0) is 28.6 Å². The molecule has 0 unspecified atom stereocenters. The number of ether oxygens (including phenoxy) is 3. The summed E-state index contributed by atoms with van der Waals surface area (Å²) in [4.78, 5) is 37.6. The van der Waals surface area contributed by atoms with E-state index in [0.717, 1.165) is 75.5 Å². The standard InChI is InChI=1S/C44H84O6/c1-38(2)30-24-18-12-8-7-9-15-23-29-35-44(47)50-41(37-49-43(46)34-28-22-17-16-20-26-32-40(5)6)36-48-42(45)33-27-21-14-11-10-13-19-25-31-39(3)4/h38-41H,7-37H2,1-6H3/t41-/m0/s1. The lowest BCUT2D eigenvalue weighted by Crippen LogP contribution is -2.30. The number of rotatable bonds is 37. The number of carbonyl (C=O) groups excluding carboxylic acids is 3. The first kappa shape index (κ1) is 48.4. The second-order valence-electron chi connectivity index (χ2n) is 16.4. The van der Waals surface area contributed by atoms with Crippen molar-refractivity contribution in [3.8, 4) is 0 Å². The molecule has 0 aliphatic rings. The Morgan fingerprint density at radius 1 is 0.340 bits per heavy atom. The van der Waals surface area contributed by atoms with Gasteiger partial charge in [0.1, 0.15) is 13.2 Å². The van der Waals surface area contributed by atoms with Gasteiger partial charge in [0.25, 0.3) is 0 Å². The monoisotopic (exact) mass is 709 g/mol. The van der Waals surface area contributed by atoms with E-state index >= 15 is 0 Å². The second-order valence-corrected chi connectivity index (χ2v) is 16.4. The highest BCUT2D eigenvalue weighted by molar-refractivity contribution is 5.71. The molecule has 1 atom stereocenters. The highest BCUT2D eigenvalue weighted by atomic mass is 16.6. The van der Waals surface area contributed by atoms with Crippen LogP contribution >= 0.6 is 0 Å². The predicted octanol–water partition coefficient (Wildman–Crippen LogP) is 13.3. The molecule has 0 heterocycles. The molecule has 0 saturated heterocycles. The SMILES string of the molecule is CC(C)CCCCCCCCCCCC(=O)O[C@@H](COC(=O)CCCCCCCCCCC(C)C)COC(=O)CCCCCCCCC(C)C. The molecule has 0 N–H and O–H groups in total. The molecule has 0 aromatic carbocycles. The average molecular weight is 709 g/mol. The molecule has 6 heteroatoms. The Kier molecular flexibility index (Phi) is 34.7. The molecule has 0 fully saturated rings. The molecule has 0 aliphatic carbocycles. The number of carbonyl (C=O) groups is 3. The van der Waals surface area contributed by atoms with E-state index in [1.807, 2.05) is 0 Å². The van der Waals surface area contributed by atoms with Crippen molar-refractivity contribution in [2.24, 2.45) is 17.8 Å².